The van der Waals surface area contributed by atoms with Crippen LogP contribution in [-0.2, 0) is 11.2 Å². The lowest BCUT2D eigenvalue weighted by Crippen LogP contribution is -2.40. The molecule has 1 aromatic carbocycles. The van der Waals surface area contributed by atoms with Gasteiger partial charge in [-0.15, -0.1) is 0 Å². The summed E-state index contributed by atoms with van der Waals surface area (Å²) in [4.78, 5) is 15.1. The second kappa shape index (κ2) is 10.9. The molecule has 2 heterocycles. The second-order valence-electron chi connectivity index (χ2n) is 6.80. The molecule has 0 spiro atoms. The predicted molar refractivity (Wildman–Crippen MR) is 110 cm³/mol. The largest absolute Gasteiger partial charge is 0.379 e. The molecule has 3 N–H and O–H groups in total. The van der Waals surface area contributed by atoms with Crippen LogP contribution in [0, 0.1) is 0 Å². The van der Waals surface area contributed by atoms with Crippen LogP contribution in [0.25, 0.3) is 11.0 Å². The smallest absolute Gasteiger partial charge is 0.191 e. The highest BCUT2D eigenvalue weighted by molar-refractivity contribution is 5.79. The number of aromatic amines is 1. The molecule has 1 saturated heterocycles. The first-order valence-corrected chi connectivity index (χ1v) is 10.1. The molecule has 0 aliphatic carbocycles. The van der Waals surface area contributed by atoms with Crippen molar-refractivity contribution in [2.45, 2.75) is 26.2 Å². The number of nitrogens with zero attached hydrogens (tertiary/aromatic N) is 3. The van der Waals surface area contributed by atoms with Crippen molar-refractivity contribution < 1.29 is 4.74 Å². The molecule has 0 bridgehead atoms. The lowest BCUT2D eigenvalue weighted by molar-refractivity contribution is 0.0376. The van der Waals surface area contributed by atoms with Crippen molar-refractivity contribution in [3.05, 3.63) is 30.1 Å². The summed E-state index contributed by atoms with van der Waals surface area (Å²) in [5.41, 5.74) is 2.14. The van der Waals surface area contributed by atoms with E-state index in [-0.39, 0.29) is 0 Å². The van der Waals surface area contributed by atoms with E-state index in [1.54, 1.807) is 0 Å². The number of guanidine groups is 1. The van der Waals surface area contributed by atoms with Gasteiger partial charge in [-0.1, -0.05) is 12.1 Å². The van der Waals surface area contributed by atoms with Crippen molar-refractivity contribution >= 4 is 17.0 Å². The first kappa shape index (κ1) is 19.6. The first-order valence-electron chi connectivity index (χ1n) is 10.1. The Balaban J connectivity index is 1.36. The zero-order chi connectivity index (χ0) is 18.7. The van der Waals surface area contributed by atoms with E-state index in [1.807, 2.05) is 18.2 Å². The summed E-state index contributed by atoms with van der Waals surface area (Å²) in [6, 6.07) is 8.15. The van der Waals surface area contributed by atoms with E-state index in [9.17, 15) is 0 Å². The molecular formula is C20H32N6O. The normalized spacial score (nSPS) is 16.0. The van der Waals surface area contributed by atoms with Gasteiger partial charge in [-0.3, -0.25) is 9.89 Å². The standard InChI is InChI=1S/C20H32N6O/c1-2-21-20(23-11-6-12-26-13-15-27-16-14-26)22-10-5-9-19-24-17-7-3-4-8-18(17)25-19/h3-4,7-8H,2,5-6,9-16H2,1H3,(H,24,25)(H2,21,22,23). The number of benzene rings is 1. The average molecular weight is 373 g/mol. The molecule has 148 valence electrons. The van der Waals surface area contributed by atoms with Crippen molar-refractivity contribution in [2.75, 3.05) is 52.5 Å². The molecule has 0 amide bonds. The first-order chi connectivity index (χ1) is 13.3. The number of aromatic nitrogens is 2. The van der Waals surface area contributed by atoms with Gasteiger partial charge in [0.1, 0.15) is 5.82 Å². The highest BCUT2D eigenvalue weighted by atomic mass is 16.5. The van der Waals surface area contributed by atoms with Crippen LogP contribution < -0.4 is 10.6 Å². The van der Waals surface area contributed by atoms with Gasteiger partial charge in [-0.05, 0) is 38.4 Å². The van der Waals surface area contributed by atoms with Gasteiger partial charge in [0.2, 0.25) is 0 Å². The molecule has 0 radical (unpaired) electrons. The Kier molecular flexibility index (Phi) is 7.92. The van der Waals surface area contributed by atoms with Gasteiger partial charge < -0.3 is 20.4 Å². The average Bonchev–Trinajstić information content (AvgIpc) is 3.12. The minimum absolute atomic E-state index is 0.788. The van der Waals surface area contributed by atoms with E-state index < -0.39 is 0 Å². The lowest BCUT2D eigenvalue weighted by Gasteiger charge is -2.26. The van der Waals surface area contributed by atoms with Crippen LogP contribution >= 0.6 is 0 Å². The van der Waals surface area contributed by atoms with Gasteiger partial charge >= 0.3 is 0 Å². The molecule has 3 rings (SSSR count). The Hall–Kier alpha value is -2.12. The van der Waals surface area contributed by atoms with Gasteiger partial charge in [0.05, 0.1) is 24.2 Å². The van der Waals surface area contributed by atoms with Crippen LogP contribution in [0.1, 0.15) is 25.6 Å². The Morgan fingerprint density at radius 2 is 2.07 bits per heavy atom. The lowest BCUT2D eigenvalue weighted by atomic mass is 10.3. The van der Waals surface area contributed by atoms with Crippen LogP contribution in [0.2, 0.25) is 0 Å². The highest BCUT2D eigenvalue weighted by Crippen LogP contribution is 2.11. The summed E-state index contributed by atoms with van der Waals surface area (Å²) in [6.07, 6.45) is 3.00. The molecule has 0 unspecified atom stereocenters. The third-order valence-electron chi connectivity index (χ3n) is 4.67. The SMILES string of the molecule is CCNC(=NCCCc1nc2ccccc2[nH]1)NCCCN1CCOCC1. The number of hydrogen-bond acceptors (Lipinski definition) is 4. The number of ether oxygens (including phenoxy) is 1. The predicted octanol–water partition coefficient (Wildman–Crippen LogP) is 1.77. The second-order valence-corrected chi connectivity index (χ2v) is 6.80. The Labute approximate surface area is 161 Å². The number of H-pyrrole nitrogens is 1. The van der Waals surface area contributed by atoms with Gasteiger partial charge in [0.15, 0.2) is 5.96 Å². The number of aliphatic imine (C=N–C) groups is 1. The zero-order valence-electron chi connectivity index (χ0n) is 16.3. The Morgan fingerprint density at radius 1 is 1.22 bits per heavy atom. The molecule has 7 heteroatoms. The number of para-hydroxylation sites is 2. The van der Waals surface area contributed by atoms with E-state index in [2.05, 4.69) is 43.5 Å². The fourth-order valence-electron chi connectivity index (χ4n) is 3.24. The summed E-state index contributed by atoms with van der Waals surface area (Å²) in [5, 5.41) is 6.76. The molecule has 1 aromatic heterocycles. The monoisotopic (exact) mass is 372 g/mol. The minimum Gasteiger partial charge on any atom is -0.379 e. The summed E-state index contributed by atoms with van der Waals surface area (Å²) in [7, 11) is 0. The number of aryl methyl sites for hydroxylation is 1. The van der Waals surface area contributed by atoms with Crippen LogP contribution in [0.5, 0.6) is 0 Å². The minimum atomic E-state index is 0.788. The van der Waals surface area contributed by atoms with Crippen molar-refractivity contribution in [2.24, 2.45) is 4.99 Å². The Morgan fingerprint density at radius 3 is 2.89 bits per heavy atom. The third-order valence-corrected chi connectivity index (χ3v) is 4.67. The van der Waals surface area contributed by atoms with Crippen molar-refractivity contribution in [1.82, 2.24) is 25.5 Å². The maximum atomic E-state index is 5.39. The van der Waals surface area contributed by atoms with Crippen LogP contribution in [0.4, 0.5) is 0 Å². The quantitative estimate of drug-likeness (QED) is 0.355. The summed E-state index contributed by atoms with van der Waals surface area (Å²) >= 11 is 0. The van der Waals surface area contributed by atoms with E-state index in [0.29, 0.717) is 0 Å². The van der Waals surface area contributed by atoms with Gasteiger partial charge in [-0.25, -0.2) is 4.98 Å². The highest BCUT2D eigenvalue weighted by Gasteiger charge is 2.09. The molecule has 1 aliphatic heterocycles. The van der Waals surface area contributed by atoms with Gasteiger partial charge in [0, 0.05) is 39.1 Å². The van der Waals surface area contributed by atoms with Crippen LogP contribution in [0.15, 0.2) is 29.3 Å². The third kappa shape index (κ3) is 6.52. The van der Waals surface area contributed by atoms with Crippen LogP contribution in [-0.4, -0.2) is 73.3 Å². The van der Waals surface area contributed by atoms with Gasteiger partial charge in [0.25, 0.3) is 0 Å². The molecule has 1 aliphatic rings. The van der Waals surface area contributed by atoms with Crippen molar-refractivity contribution in [3.63, 3.8) is 0 Å². The maximum absolute atomic E-state index is 5.39. The van der Waals surface area contributed by atoms with Crippen molar-refractivity contribution in [3.8, 4) is 0 Å². The van der Waals surface area contributed by atoms with E-state index in [1.165, 1.54) is 0 Å². The number of imidazole rings is 1. The number of morpholine rings is 1. The molecule has 27 heavy (non-hydrogen) atoms. The van der Waals surface area contributed by atoms with E-state index >= 15 is 0 Å². The summed E-state index contributed by atoms with van der Waals surface area (Å²) in [6.45, 7) is 9.64. The molecule has 2 aromatic rings. The number of hydrogen-bond donors (Lipinski definition) is 3. The number of nitrogens with one attached hydrogen (secondary N) is 3. The van der Waals surface area contributed by atoms with Gasteiger partial charge in [-0.2, -0.15) is 0 Å². The number of fused-ring (bicyclic) bond motifs is 1. The molecule has 0 saturated carbocycles. The summed E-state index contributed by atoms with van der Waals surface area (Å²) < 4.78 is 5.39. The van der Waals surface area contributed by atoms with Crippen molar-refractivity contribution in [1.29, 1.82) is 0 Å². The molecule has 1 fully saturated rings. The summed E-state index contributed by atoms with van der Waals surface area (Å²) in [5.74, 6) is 1.94. The molecule has 0 atom stereocenters. The fraction of sp³-hybridized carbons (Fsp3) is 0.600. The van der Waals surface area contributed by atoms with Crippen LogP contribution in [0.3, 0.4) is 0 Å². The van der Waals surface area contributed by atoms with E-state index in [0.717, 1.165) is 94.6 Å². The maximum Gasteiger partial charge on any atom is 0.191 e. The van der Waals surface area contributed by atoms with E-state index in [4.69, 9.17) is 4.74 Å². The fourth-order valence-corrected chi connectivity index (χ4v) is 3.24. The topological polar surface area (TPSA) is 77.6 Å². The molecule has 7 nitrogen and oxygen atoms in total. The Bertz CT molecular complexity index is 674. The zero-order valence-corrected chi connectivity index (χ0v) is 16.3. The molecular weight excluding hydrogens is 340 g/mol. The number of rotatable bonds is 9.